The first-order valence-corrected chi connectivity index (χ1v) is 7.06. The molecular weight excluding hydrogens is 258 g/mol. The quantitative estimate of drug-likeness (QED) is 0.843. The lowest BCUT2D eigenvalue weighted by Crippen LogP contribution is -2.28. The molecule has 1 heterocycles. The number of para-hydroxylation sites is 1. The van der Waals surface area contributed by atoms with Crippen molar-refractivity contribution in [3.05, 3.63) is 45.9 Å². The van der Waals surface area contributed by atoms with Crippen molar-refractivity contribution in [2.24, 2.45) is 0 Å². The zero-order chi connectivity index (χ0) is 13.8. The summed E-state index contributed by atoms with van der Waals surface area (Å²) in [5.41, 5.74) is 7.92. The molecule has 1 atom stereocenters. The Morgan fingerprint density at radius 1 is 1.53 bits per heavy atom. The van der Waals surface area contributed by atoms with Crippen molar-refractivity contribution in [2.45, 2.75) is 26.3 Å². The Morgan fingerprint density at radius 3 is 2.95 bits per heavy atom. The predicted octanol–water partition coefficient (Wildman–Crippen LogP) is 2.91. The van der Waals surface area contributed by atoms with Crippen LogP contribution in [0.1, 0.15) is 40.3 Å². The highest BCUT2D eigenvalue weighted by atomic mass is 32.1. The van der Waals surface area contributed by atoms with Crippen LogP contribution in [0.5, 0.6) is 0 Å². The van der Waals surface area contributed by atoms with E-state index < -0.39 is 0 Å². The van der Waals surface area contributed by atoms with E-state index in [0.717, 1.165) is 17.0 Å². The number of thiazole rings is 1. The average molecular weight is 275 g/mol. The highest BCUT2D eigenvalue weighted by Gasteiger charge is 2.17. The summed E-state index contributed by atoms with van der Waals surface area (Å²) in [4.78, 5) is 16.5. The molecule has 0 aliphatic heterocycles. The number of hydrogen-bond donors (Lipinski definition) is 2. The molecule has 19 heavy (non-hydrogen) atoms. The molecule has 2 rings (SSSR count). The molecule has 4 nitrogen and oxygen atoms in total. The molecule has 0 spiro atoms. The molecule has 5 heteroatoms. The molecule has 0 aliphatic rings. The van der Waals surface area contributed by atoms with Crippen LogP contribution >= 0.6 is 11.3 Å². The van der Waals surface area contributed by atoms with E-state index in [1.54, 1.807) is 23.6 Å². The Kier molecular flexibility index (Phi) is 4.16. The van der Waals surface area contributed by atoms with Gasteiger partial charge in [0.2, 0.25) is 0 Å². The number of nitrogens with zero attached hydrogens (tertiary/aromatic N) is 1. The molecule has 1 aromatic heterocycles. The average Bonchev–Trinajstić information content (AvgIpc) is 2.92. The predicted molar refractivity (Wildman–Crippen MR) is 78.2 cm³/mol. The molecule has 0 bridgehead atoms. The Labute approximate surface area is 116 Å². The lowest BCUT2D eigenvalue weighted by atomic mass is 10.1. The molecule has 0 saturated heterocycles. The Hall–Kier alpha value is -1.88. The number of nitrogens with two attached hydrogens (primary N) is 1. The standard InChI is InChI=1S/C14H17N3OS/c1-3-11(14-16-7-8-19-14)17-13(18)10-6-4-5-9(2)12(10)15/h4-8,11H,3,15H2,1-2H3,(H,17,18). The summed E-state index contributed by atoms with van der Waals surface area (Å²) in [6, 6.07) is 5.41. The second-order valence-electron chi connectivity index (χ2n) is 4.34. The van der Waals surface area contributed by atoms with Crippen molar-refractivity contribution in [3.63, 3.8) is 0 Å². The lowest BCUT2D eigenvalue weighted by Gasteiger charge is -2.15. The summed E-state index contributed by atoms with van der Waals surface area (Å²) in [6.45, 7) is 3.91. The number of amides is 1. The smallest absolute Gasteiger partial charge is 0.253 e. The van der Waals surface area contributed by atoms with Crippen LogP contribution in [0.2, 0.25) is 0 Å². The van der Waals surface area contributed by atoms with Crippen molar-refractivity contribution in [1.82, 2.24) is 10.3 Å². The summed E-state index contributed by atoms with van der Waals surface area (Å²) < 4.78 is 0. The van der Waals surface area contributed by atoms with Crippen molar-refractivity contribution in [1.29, 1.82) is 0 Å². The van der Waals surface area contributed by atoms with E-state index in [1.807, 2.05) is 31.4 Å². The fraction of sp³-hybridized carbons (Fsp3) is 0.286. The first kappa shape index (κ1) is 13.5. The third-order valence-corrected chi connectivity index (χ3v) is 3.92. The number of aryl methyl sites for hydroxylation is 1. The van der Waals surface area contributed by atoms with Crippen molar-refractivity contribution in [3.8, 4) is 0 Å². The van der Waals surface area contributed by atoms with Crippen LogP contribution in [0.3, 0.4) is 0 Å². The van der Waals surface area contributed by atoms with Crippen LogP contribution in [0.15, 0.2) is 29.8 Å². The fourth-order valence-corrected chi connectivity index (χ4v) is 2.63. The first-order valence-electron chi connectivity index (χ1n) is 6.18. The van der Waals surface area contributed by atoms with Gasteiger partial charge in [-0.05, 0) is 25.0 Å². The van der Waals surface area contributed by atoms with E-state index in [2.05, 4.69) is 10.3 Å². The van der Waals surface area contributed by atoms with E-state index in [1.165, 1.54) is 0 Å². The molecule has 3 N–H and O–H groups in total. The topological polar surface area (TPSA) is 68.0 Å². The minimum Gasteiger partial charge on any atom is -0.398 e. The molecule has 0 saturated carbocycles. The highest BCUT2D eigenvalue weighted by molar-refractivity contribution is 7.09. The number of hydrogen-bond acceptors (Lipinski definition) is 4. The number of nitrogens with one attached hydrogen (secondary N) is 1. The van der Waals surface area contributed by atoms with Gasteiger partial charge in [0.1, 0.15) is 5.01 Å². The maximum atomic E-state index is 12.3. The van der Waals surface area contributed by atoms with Gasteiger partial charge in [0.25, 0.3) is 5.91 Å². The van der Waals surface area contributed by atoms with Crippen molar-refractivity contribution in [2.75, 3.05) is 5.73 Å². The number of rotatable bonds is 4. The first-order chi connectivity index (χ1) is 9.13. The normalized spacial score (nSPS) is 12.1. The second-order valence-corrected chi connectivity index (χ2v) is 5.27. The largest absolute Gasteiger partial charge is 0.398 e. The minimum absolute atomic E-state index is 0.0626. The Bertz CT molecular complexity index is 566. The summed E-state index contributed by atoms with van der Waals surface area (Å²) >= 11 is 1.54. The van der Waals surface area contributed by atoms with Gasteiger partial charge in [0.05, 0.1) is 11.6 Å². The number of nitrogen functional groups attached to an aromatic ring is 1. The van der Waals surface area contributed by atoms with Crippen LogP contribution in [0.4, 0.5) is 5.69 Å². The molecule has 100 valence electrons. The molecule has 1 amide bonds. The molecule has 1 aromatic carbocycles. The summed E-state index contributed by atoms with van der Waals surface area (Å²) in [5.74, 6) is -0.150. The van der Waals surface area contributed by atoms with E-state index in [-0.39, 0.29) is 11.9 Å². The van der Waals surface area contributed by atoms with Gasteiger partial charge in [-0.1, -0.05) is 19.1 Å². The number of benzene rings is 1. The number of anilines is 1. The lowest BCUT2D eigenvalue weighted by molar-refractivity contribution is 0.0936. The maximum absolute atomic E-state index is 12.3. The zero-order valence-electron chi connectivity index (χ0n) is 11.0. The number of aromatic nitrogens is 1. The molecular formula is C14H17N3OS. The van der Waals surface area contributed by atoms with Crippen LogP contribution in [-0.4, -0.2) is 10.9 Å². The van der Waals surface area contributed by atoms with Gasteiger partial charge in [-0.15, -0.1) is 11.3 Å². The van der Waals surface area contributed by atoms with E-state index in [9.17, 15) is 4.79 Å². The Morgan fingerprint density at radius 2 is 2.32 bits per heavy atom. The molecule has 2 aromatic rings. The molecule has 0 radical (unpaired) electrons. The van der Waals surface area contributed by atoms with Gasteiger partial charge >= 0.3 is 0 Å². The summed E-state index contributed by atoms with van der Waals surface area (Å²) in [5, 5.41) is 5.81. The van der Waals surface area contributed by atoms with Gasteiger partial charge in [-0.2, -0.15) is 0 Å². The monoisotopic (exact) mass is 275 g/mol. The molecule has 1 unspecified atom stereocenters. The summed E-state index contributed by atoms with van der Waals surface area (Å²) in [6.07, 6.45) is 2.54. The van der Waals surface area contributed by atoms with Gasteiger partial charge < -0.3 is 11.1 Å². The van der Waals surface area contributed by atoms with Gasteiger partial charge in [-0.3, -0.25) is 4.79 Å². The third-order valence-electron chi connectivity index (χ3n) is 3.03. The molecule has 0 fully saturated rings. The SMILES string of the molecule is CCC(NC(=O)c1cccc(C)c1N)c1nccs1. The fourth-order valence-electron chi connectivity index (χ4n) is 1.86. The van der Waals surface area contributed by atoms with Crippen LogP contribution in [-0.2, 0) is 0 Å². The maximum Gasteiger partial charge on any atom is 0.253 e. The summed E-state index contributed by atoms with van der Waals surface area (Å²) in [7, 11) is 0. The number of carbonyl (C=O) groups excluding carboxylic acids is 1. The van der Waals surface area contributed by atoms with Gasteiger partial charge in [-0.25, -0.2) is 4.98 Å². The zero-order valence-corrected chi connectivity index (χ0v) is 11.8. The van der Waals surface area contributed by atoms with Crippen molar-refractivity contribution < 1.29 is 4.79 Å². The Balaban J connectivity index is 2.18. The van der Waals surface area contributed by atoms with E-state index in [0.29, 0.717) is 11.3 Å². The van der Waals surface area contributed by atoms with Crippen LogP contribution in [0, 0.1) is 6.92 Å². The van der Waals surface area contributed by atoms with E-state index in [4.69, 9.17) is 5.73 Å². The van der Waals surface area contributed by atoms with Crippen LogP contribution < -0.4 is 11.1 Å². The molecule has 0 aliphatic carbocycles. The van der Waals surface area contributed by atoms with Gasteiger partial charge in [0.15, 0.2) is 0 Å². The van der Waals surface area contributed by atoms with E-state index >= 15 is 0 Å². The minimum atomic E-state index is -0.150. The van der Waals surface area contributed by atoms with Crippen molar-refractivity contribution >= 4 is 22.9 Å². The second kappa shape index (κ2) is 5.84. The van der Waals surface area contributed by atoms with Gasteiger partial charge in [0, 0.05) is 17.3 Å². The third kappa shape index (κ3) is 2.93. The van der Waals surface area contributed by atoms with Crippen LogP contribution in [0.25, 0.3) is 0 Å². The highest BCUT2D eigenvalue weighted by Crippen LogP contribution is 2.21. The number of carbonyl (C=O) groups is 1.